The maximum absolute atomic E-state index is 13.1. The summed E-state index contributed by atoms with van der Waals surface area (Å²) in [4.78, 5) is 2.40. The van der Waals surface area contributed by atoms with Crippen LogP contribution in [0.2, 0.25) is 0 Å². The van der Waals surface area contributed by atoms with E-state index in [1.807, 2.05) is 29.6 Å². The van der Waals surface area contributed by atoms with Gasteiger partial charge in [0.2, 0.25) is 0 Å². The zero-order chi connectivity index (χ0) is 16.5. The third kappa shape index (κ3) is 3.25. The lowest BCUT2D eigenvalue weighted by atomic mass is 10.1. The maximum Gasteiger partial charge on any atom is 0.274 e. The van der Waals surface area contributed by atoms with Crippen molar-refractivity contribution in [2.45, 2.75) is 38.4 Å². The molecule has 1 unspecified atom stereocenters. The summed E-state index contributed by atoms with van der Waals surface area (Å²) in [5, 5.41) is 10.5. The molecule has 2 atom stereocenters. The minimum absolute atomic E-state index is 0.115. The average molecular weight is 344 g/mol. The van der Waals surface area contributed by atoms with Crippen molar-refractivity contribution < 1.29 is 13.7 Å². The number of quaternary nitrogens is 1. The highest BCUT2D eigenvalue weighted by Gasteiger charge is 2.39. The summed E-state index contributed by atoms with van der Waals surface area (Å²) in [6.07, 6.45) is 2.43. The summed E-state index contributed by atoms with van der Waals surface area (Å²) in [5.41, 5.74) is 1.13. The van der Waals surface area contributed by atoms with Crippen molar-refractivity contribution in [2.24, 2.45) is 0 Å². The Morgan fingerprint density at radius 1 is 1.25 bits per heavy atom. The first-order valence-electron chi connectivity index (χ1n) is 8.18. The fourth-order valence-electron chi connectivity index (χ4n) is 3.01. The Morgan fingerprint density at radius 2 is 2.04 bits per heavy atom. The van der Waals surface area contributed by atoms with Crippen LogP contribution < -0.4 is 4.90 Å². The molecule has 0 aliphatic heterocycles. The molecular weight excluding hydrogens is 325 g/mol. The summed E-state index contributed by atoms with van der Waals surface area (Å²) in [6, 6.07) is 11.4. The van der Waals surface area contributed by atoms with Crippen LogP contribution in [-0.4, -0.2) is 16.2 Å². The molecular formula is C18H19FN3OS+. The molecule has 0 amide bonds. The minimum atomic E-state index is -0.197. The van der Waals surface area contributed by atoms with Crippen LogP contribution in [0.4, 0.5) is 4.39 Å². The van der Waals surface area contributed by atoms with Crippen molar-refractivity contribution in [1.82, 2.24) is 10.2 Å². The molecule has 0 saturated heterocycles. The molecule has 2 aromatic heterocycles. The molecule has 4 nitrogen and oxygen atoms in total. The van der Waals surface area contributed by atoms with E-state index in [0.29, 0.717) is 17.8 Å². The molecule has 6 heteroatoms. The molecule has 24 heavy (non-hydrogen) atoms. The number of aromatic nitrogens is 2. The molecule has 0 spiro atoms. The number of thiophene rings is 1. The number of rotatable bonds is 6. The summed E-state index contributed by atoms with van der Waals surface area (Å²) >= 11 is 1.59. The van der Waals surface area contributed by atoms with Crippen molar-refractivity contribution in [1.29, 1.82) is 0 Å². The highest BCUT2D eigenvalue weighted by Crippen LogP contribution is 2.25. The molecule has 1 aliphatic carbocycles. The second-order valence-electron chi connectivity index (χ2n) is 6.30. The van der Waals surface area contributed by atoms with Gasteiger partial charge in [-0.2, -0.15) is 0 Å². The smallest absolute Gasteiger partial charge is 0.274 e. The molecule has 0 bridgehead atoms. The van der Waals surface area contributed by atoms with Crippen LogP contribution in [0, 0.1) is 5.82 Å². The summed E-state index contributed by atoms with van der Waals surface area (Å²) in [7, 11) is 0. The molecule has 1 saturated carbocycles. The molecule has 3 aromatic rings. The second-order valence-corrected chi connectivity index (χ2v) is 7.24. The van der Waals surface area contributed by atoms with Gasteiger partial charge in [0.25, 0.3) is 11.8 Å². The number of hydrogen-bond acceptors (Lipinski definition) is 4. The monoisotopic (exact) mass is 344 g/mol. The Bertz CT molecular complexity index is 796. The zero-order valence-corrected chi connectivity index (χ0v) is 14.2. The normalized spacial score (nSPS) is 16.9. The van der Waals surface area contributed by atoms with Crippen molar-refractivity contribution in [3.63, 3.8) is 0 Å². The fraction of sp³-hybridized carbons (Fsp3) is 0.333. The van der Waals surface area contributed by atoms with Gasteiger partial charge < -0.3 is 9.32 Å². The van der Waals surface area contributed by atoms with E-state index in [1.54, 1.807) is 11.3 Å². The Hall–Kier alpha value is -2.05. The summed E-state index contributed by atoms with van der Waals surface area (Å²) < 4.78 is 19.0. The molecule has 4 rings (SSSR count). The highest BCUT2D eigenvalue weighted by atomic mass is 32.1. The van der Waals surface area contributed by atoms with E-state index in [1.165, 1.54) is 29.9 Å². The number of nitrogens with one attached hydrogen (secondary N) is 1. The van der Waals surface area contributed by atoms with Gasteiger partial charge in [0.15, 0.2) is 6.04 Å². The first-order valence-corrected chi connectivity index (χ1v) is 9.06. The van der Waals surface area contributed by atoms with Crippen LogP contribution in [0.25, 0.3) is 10.8 Å². The summed E-state index contributed by atoms with van der Waals surface area (Å²) in [5.74, 6) is 1.06. The second kappa shape index (κ2) is 6.45. The Labute approximate surface area is 143 Å². The van der Waals surface area contributed by atoms with Gasteiger partial charge in [-0.15, -0.1) is 21.5 Å². The molecule has 1 aliphatic rings. The Kier molecular flexibility index (Phi) is 4.16. The lowest BCUT2D eigenvalue weighted by Crippen LogP contribution is -3.12. The predicted molar refractivity (Wildman–Crippen MR) is 90.1 cm³/mol. The summed E-state index contributed by atoms with van der Waals surface area (Å²) in [6.45, 7) is 2.96. The Balaban J connectivity index is 1.54. The van der Waals surface area contributed by atoms with Gasteiger partial charge in [0.1, 0.15) is 12.4 Å². The minimum Gasteiger partial charge on any atom is -0.414 e. The van der Waals surface area contributed by atoms with Crippen LogP contribution >= 0.6 is 11.3 Å². The van der Waals surface area contributed by atoms with Crippen molar-refractivity contribution in [2.75, 3.05) is 0 Å². The van der Waals surface area contributed by atoms with Gasteiger partial charge in [-0.1, -0.05) is 18.2 Å². The van der Waals surface area contributed by atoms with E-state index in [0.717, 1.165) is 17.0 Å². The average Bonchev–Trinajstić information content (AvgIpc) is 3.09. The number of halogens is 1. The van der Waals surface area contributed by atoms with Crippen LogP contribution in [0.1, 0.15) is 37.3 Å². The van der Waals surface area contributed by atoms with Gasteiger partial charge in [-0.05, 0) is 30.5 Å². The standard InChI is InChI=1S/C18H18FN3OS/c1-12(17-20-21-18(23-17)16-3-2-10-24-16)22(15-8-9-15)11-13-4-6-14(19)7-5-13/h2-7,10,12,15H,8-9,11H2,1H3/p+1/t12-/m0/s1. The lowest BCUT2D eigenvalue weighted by Gasteiger charge is -2.23. The highest BCUT2D eigenvalue weighted by molar-refractivity contribution is 7.13. The molecule has 1 fully saturated rings. The van der Waals surface area contributed by atoms with E-state index in [2.05, 4.69) is 17.1 Å². The van der Waals surface area contributed by atoms with E-state index < -0.39 is 0 Å². The number of benzene rings is 1. The quantitative estimate of drug-likeness (QED) is 0.746. The van der Waals surface area contributed by atoms with Gasteiger partial charge in [0.05, 0.1) is 10.9 Å². The first kappa shape index (κ1) is 15.5. The van der Waals surface area contributed by atoms with Crippen LogP contribution in [0.3, 0.4) is 0 Å². The zero-order valence-electron chi connectivity index (χ0n) is 13.4. The van der Waals surface area contributed by atoms with E-state index in [-0.39, 0.29) is 11.9 Å². The van der Waals surface area contributed by atoms with Crippen LogP contribution in [0.5, 0.6) is 0 Å². The number of hydrogen-bond donors (Lipinski definition) is 1. The predicted octanol–water partition coefficient (Wildman–Crippen LogP) is 3.25. The van der Waals surface area contributed by atoms with E-state index in [4.69, 9.17) is 4.42 Å². The lowest BCUT2D eigenvalue weighted by molar-refractivity contribution is -0.955. The maximum atomic E-state index is 13.1. The third-order valence-electron chi connectivity index (χ3n) is 4.52. The molecule has 124 valence electrons. The SMILES string of the molecule is C[C@@H](c1nnc(-c2cccs2)o1)[NH+](Cc1ccc(F)cc1)C1CC1. The van der Waals surface area contributed by atoms with Crippen LogP contribution in [-0.2, 0) is 6.54 Å². The van der Waals surface area contributed by atoms with Crippen molar-refractivity contribution >= 4 is 11.3 Å². The Morgan fingerprint density at radius 3 is 2.71 bits per heavy atom. The molecule has 1 aromatic carbocycles. The topological polar surface area (TPSA) is 43.4 Å². The van der Waals surface area contributed by atoms with Gasteiger partial charge in [-0.25, -0.2) is 4.39 Å². The van der Waals surface area contributed by atoms with Gasteiger partial charge in [-0.3, -0.25) is 0 Å². The first-order chi connectivity index (χ1) is 11.7. The molecule has 0 radical (unpaired) electrons. The number of nitrogens with zero attached hydrogens (tertiary/aromatic N) is 2. The fourth-order valence-corrected chi connectivity index (χ4v) is 3.66. The van der Waals surface area contributed by atoms with Crippen LogP contribution in [0.15, 0.2) is 46.2 Å². The van der Waals surface area contributed by atoms with E-state index >= 15 is 0 Å². The van der Waals surface area contributed by atoms with Crippen molar-refractivity contribution in [3.05, 3.63) is 59.0 Å². The van der Waals surface area contributed by atoms with Gasteiger partial charge >= 0.3 is 0 Å². The largest absolute Gasteiger partial charge is 0.414 e. The third-order valence-corrected chi connectivity index (χ3v) is 5.38. The van der Waals surface area contributed by atoms with Crippen molar-refractivity contribution in [3.8, 4) is 10.8 Å². The molecule has 1 N–H and O–H groups in total. The van der Waals surface area contributed by atoms with E-state index in [9.17, 15) is 4.39 Å². The molecule has 2 heterocycles. The van der Waals surface area contributed by atoms with Gasteiger partial charge in [0, 0.05) is 18.4 Å².